The van der Waals surface area contributed by atoms with Crippen LogP contribution in [0.4, 0.5) is 0 Å². The van der Waals surface area contributed by atoms with Crippen molar-refractivity contribution < 1.29 is 5.06 Å². The van der Waals surface area contributed by atoms with Gasteiger partial charge in [0, 0.05) is 19.3 Å². The zero-order chi connectivity index (χ0) is 9.73. The van der Waals surface area contributed by atoms with Crippen LogP contribution in [0.1, 0.15) is 58.3 Å². The largest absolute Gasteiger partial charge is 0.634 e. The summed E-state index contributed by atoms with van der Waals surface area (Å²) >= 11 is 0. The van der Waals surface area contributed by atoms with Crippen LogP contribution >= 0.6 is 0 Å². The standard InChI is InChI=1S/C11H23NO/c1-3-4-8-11(12(2)13)9-6-5-7-10-11/h12H,3-10H2,1-2H3. The number of unbranched alkanes of at least 4 members (excludes halogenated alkanes) is 1. The van der Waals surface area contributed by atoms with Gasteiger partial charge in [-0.3, -0.25) is 0 Å². The number of rotatable bonds is 4. The summed E-state index contributed by atoms with van der Waals surface area (Å²) in [6, 6.07) is 0. The maximum atomic E-state index is 11.6. The molecule has 1 fully saturated rings. The molecule has 1 aliphatic rings. The molecule has 1 N–H and O–H groups in total. The van der Waals surface area contributed by atoms with Gasteiger partial charge in [-0.05, 0) is 19.3 Å². The first-order valence-corrected chi connectivity index (χ1v) is 5.72. The van der Waals surface area contributed by atoms with E-state index in [2.05, 4.69) is 6.92 Å². The monoisotopic (exact) mass is 185 g/mol. The summed E-state index contributed by atoms with van der Waals surface area (Å²) in [5.41, 5.74) is 0.0915. The van der Waals surface area contributed by atoms with E-state index in [1.165, 1.54) is 32.1 Å². The Balaban J connectivity index is 2.51. The topological polar surface area (TPSA) is 27.5 Å². The first kappa shape index (κ1) is 11.0. The van der Waals surface area contributed by atoms with Crippen molar-refractivity contribution in [2.45, 2.75) is 63.8 Å². The van der Waals surface area contributed by atoms with E-state index in [9.17, 15) is 5.21 Å². The van der Waals surface area contributed by atoms with Crippen molar-refractivity contribution in [2.75, 3.05) is 7.05 Å². The highest BCUT2D eigenvalue weighted by Gasteiger charge is 2.35. The summed E-state index contributed by atoms with van der Waals surface area (Å²) in [5, 5.41) is 12.1. The molecule has 0 heterocycles. The Hall–Kier alpha value is -0.0800. The molecule has 78 valence electrons. The van der Waals surface area contributed by atoms with Crippen molar-refractivity contribution in [3.05, 3.63) is 5.21 Å². The van der Waals surface area contributed by atoms with Crippen LogP contribution in [0.15, 0.2) is 0 Å². The molecule has 0 amide bonds. The quantitative estimate of drug-likeness (QED) is 0.665. The van der Waals surface area contributed by atoms with Gasteiger partial charge < -0.3 is 10.3 Å². The van der Waals surface area contributed by atoms with Crippen molar-refractivity contribution in [2.24, 2.45) is 0 Å². The molecule has 2 heteroatoms. The first-order valence-electron chi connectivity index (χ1n) is 5.72. The van der Waals surface area contributed by atoms with Gasteiger partial charge in [-0.15, -0.1) is 0 Å². The smallest absolute Gasteiger partial charge is 0.0971 e. The summed E-state index contributed by atoms with van der Waals surface area (Å²) in [5.74, 6) is 0. The highest BCUT2D eigenvalue weighted by molar-refractivity contribution is 4.82. The second kappa shape index (κ2) is 4.97. The second-order valence-electron chi connectivity index (χ2n) is 4.50. The van der Waals surface area contributed by atoms with E-state index in [0.29, 0.717) is 5.06 Å². The number of hydrogen-bond acceptors (Lipinski definition) is 1. The maximum Gasteiger partial charge on any atom is 0.0971 e. The minimum atomic E-state index is 0.0915. The molecule has 0 saturated heterocycles. The Labute approximate surface area is 81.9 Å². The third-order valence-electron chi connectivity index (χ3n) is 3.57. The van der Waals surface area contributed by atoms with Gasteiger partial charge in [-0.1, -0.05) is 19.8 Å². The zero-order valence-electron chi connectivity index (χ0n) is 9.07. The van der Waals surface area contributed by atoms with Gasteiger partial charge in [0.05, 0.1) is 12.6 Å². The first-order chi connectivity index (χ1) is 6.21. The predicted octanol–water partition coefficient (Wildman–Crippen LogP) is 1.89. The molecule has 0 aromatic carbocycles. The van der Waals surface area contributed by atoms with Crippen LogP contribution in [0.2, 0.25) is 0 Å². The molecule has 0 aromatic rings. The Bertz CT molecular complexity index is 139. The van der Waals surface area contributed by atoms with E-state index in [-0.39, 0.29) is 5.54 Å². The second-order valence-corrected chi connectivity index (χ2v) is 4.50. The lowest BCUT2D eigenvalue weighted by Gasteiger charge is -2.44. The van der Waals surface area contributed by atoms with E-state index < -0.39 is 0 Å². The van der Waals surface area contributed by atoms with Gasteiger partial charge in [-0.25, -0.2) is 0 Å². The average Bonchev–Trinajstić information content (AvgIpc) is 2.16. The molecule has 13 heavy (non-hydrogen) atoms. The third kappa shape index (κ3) is 2.68. The molecule has 0 spiro atoms. The van der Waals surface area contributed by atoms with Crippen molar-refractivity contribution in [1.29, 1.82) is 0 Å². The number of hydrogen-bond donors (Lipinski definition) is 1. The Morgan fingerprint density at radius 1 is 1.23 bits per heavy atom. The fourth-order valence-corrected chi connectivity index (χ4v) is 2.52. The molecular formula is C11H23NO. The van der Waals surface area contributed by atoms with E-state index in [1.807, 2.05) is 0 Å². The molecule has 1 aliphatic carbocycles. The summed E-state index contributed by atoms with van der Waals surface area (Å²) in [6.45, 7) is 2.21. The van der Waals surface area contributed by atoms with Crippen LogP contribution in [0, 0.1) is 5.21 Å². The molecule has 0 radical (unpaired) electrons. The summed E-state index contributed by atoms with van der Waals surface area (Å²) in [4.78, 5) is 0. The predicted molar refractivity (Wildman–Crippen MR) is 55.6 cm³/mol. The molecule has 2 nitrogen and oxygen atoms in total. The summed E-state index contributed by atoms with van der Waals surface area (Å²) in [6.07, 6.45) is 9.76. The van der Waals surface area contributed by atoms with Crippen molar-refractivity contribution in [3.63, 3.8) is 0 Å². The molecule has 0 bridgehead atoms. The molecule has 0 aliphatic heterocycles. The fraction of sp³-hybridized carbons (Fsp3) is 1.00. The summed E-state index contributed by atoms with van der Waals surface area (Å²) < 4.78 is 0. The van der Waals surface area contributed by atoms with Crippen LogP contribution in [-0.4, -0.2) is 12.6 Å². The average molecular weight is 185 g/mol. The number of quaternary nitrogens is 1. The van der Waals surface area contributed by atoms with Gasteiger partial charge in [0.25, 0.3) is 0 Å². The lowest BCUT2D eigenvalue weighted by atomic mass is 9.78. The number of hydroxylamine groups is 2. The van der Waals surface area contributed by atoms with E-state index >= 15 is 0 Å². The lowest BCUT2D eigenvalue weighted by Crippen LogP contribution is -3.13. The van der Waals surface area contributed by atoms with Crippen LogP contribution in [0.5, 0.6) is 0 Å². The van der Waals surface area contributed by atoms with Crippen LogP contribution < -0.4 is 5.06 Å². The van der Waals surface area contributed by atoms with Crippen LogP contribution in [0.3, 0.4) is 0 Å². The van der Waals surface area contributed by atoms with Crippen LogP contribution in [-0.2, 0) is 0 Å². The normalized spacial score (nSPS) is 24.2. The SMILES string of the molecule is CCCCC1([NH+](C)[O-])CCCCC1. The minimum absolute atomic E-state index is 0.0915. The van der Waals surface area contributed by atoms with Crippen molar-refractivity contribution in [3.8, 4) is 0 Å². The van der Waals surface area contributed by atoms with Gasteiger partial charge in [0.2, 0.25) is 0 Å². The van der Waals surface area contributed by atoms with E-state index in [1.54, 1.807) is 7.05 Å². The molecule has 1 unspecified atom stereocenters. The minimum Gasteiger partial charge on any atom is -0.634 e. The highest BCUT2D eigenvalue weighted by atomic mass is 16.5. The van der Waals surface area contributed by atoms with Gasteiger partial charge in [0.15, 0.2) is 0 Å². The molecular weight excluding hydrogens is 162 g/mol. The van der Waals surface area contributed by atoms with E-state index in [0.717, 1.165) is 19.3 Å². The van der Waals surface area contributed by atoms with Crippen molar-refractivity contribution in [1.82, 2.24) is 0 Å². The fourth-order valence-electron chi connectivity index (χ4n) is 2.52. The zero-order valence-corrected chi connectivity index (χ0v) is 9.07. The van der Waals surface area contributed by atoms with Crippen LogP contribution in [0.25, 0.3) is 0 Å². The van der Waals surface area contributed by atoms with Gasteiger partial charge in [-0.2, -0.15) is 0 Å². The highest BCUT2D eigenvalue weighted by Crippen LogP contribution is 2.29. The molecule has 1 rings (SSSR count). The molecule has 1 atom stereocenters. The Kier molecular flexibility index (Phi) is 4.20. The maximum absolute atomic E-state index is 11.6. The number of nitrogens with one attached hydrogen (secondary N) is 1. The molecule has 1 saturated carbocycles. The Morgan fingerprint density at radius 2 is 1.85 bits per heavy atom. The Morgan fingerprint density at radius 3 is 2.31 bits per heavy atom. The van der Waals surface area contributed by atoms with Crippen molar-refractivity contribution >= 4 is 0 Å². The lowest BCUT2D eigenvalue weighted by molar-refractivity contribution is -0.888. The third-order valence-corrected chi connectivity index (χ3v) is 3.57. The summed E-state index contributed by atoms with van der Waals surface area (Å²) in [7, 11) is 1.79. The van der Waals surface area contributed by atoms with E-state index in [4.69, 9.17) is 0 Å². The van der Waals surface area contributed by atoms with Gasteiger partial charge in [0.1, 0.15) is 0 Å². The van der Waals surface area contributed by atoms with Gasteiger partial charge >= 0.3 is 0 Å². The molecule has 0 aromatic heterocycles.